The summed E-state index contributed by atoms with van der Waals surface area (Å²) in [6, 6.07) is 7.95. The second kappa shape index (κ2) is 12.8. The van der Waals surface area contributed by atoms with Gasteiger partial charge in [-0.3, -0.25) is 9.59 Å². The minimum Gasteiger partial charge on any atom is -0.489 e. The molecule has 1 heterocycles. The van der Waals surface area contributed by atoms with Gasteiger partial charge in [-0.05, 0) is 55.5 Å². The summed E-state index contributed by atoms with van der Waals surface area (Å²) in [6.07, 6.45) is -7.91. The maximum Gasteiger partial charge on any atom is 0.418 e. The van der Waals surface area contributed by atoms with Crippen LogP contribution in [0.15, 0.2) is 52.3 Å². The van der Waals surface area contributed by atoms with Crippen molar-refractivity contribution in [2.24, 2.45) is 5.92 Å². The molecule has 1 saturated heterocycles. The summed E-state index contributed by atoms with van der Waals surface area (Å²) >= 11 is 0.496. The molecule has 4 rings (SSSR count). The maximum atomic E-state index is 14.3. The molecular weight excluding hydrogens is 576 g/mol. The van der Waals surface area contributed by atoms with Crippen molar-refractivity contribution in [3.05, 3.63) is 59.2 Å². The average molecular weight is 604 g/mol. The van der Waals surface area contributed by atoms with Crippen LogP contribution in [0.25, 0.3) is 6.08 Å². The number of ether oxygens (including phenoxy) is 2. The molecule has 222 valence electrons. The van der Waals surface area contributed by atoms with E-state index in [1.54, 1.807) is 6.07 Å². The second-order valence-electron chi connectivity index (χ2n) is 9.65. The number of aliphatic carboxylic acids is 1. The first-order chi connectivity index (χ1) is 19.3. The predicted octanol–water partition coefficient (Wildman–Crippen LogP) is 6.77. The van der Waals surface area contributed by atoms with Gasteiger partial charge in [-0.2, -0.15) is 26.3 Å². The zero-order valence-corrected chi connectivity index (χ0v) is 22.5. The van der Waals surface area contributed by atoms with E-state index in [4.69, 9.17) is 9.47 Å². The monoisotopic (exact) mass is 603 g/mol. The van der Waals surface area contributed by atoms with Crippen LogP contribution in [0.2, 0.25) is 0 Å². The van der Waals surface area contributed by atoms with Crippen molar-refractivity contribution in [2.75, 3.05) is 26.3 Å². The highest BCUT2D eigenvalue weighted by Crippen LogP contribution is 2.49. The Kier molecular flexibility index (Phi) is 9.58. The topological polar surface area (TPSA) is 76.1 Å². The van der Waals surface area contributed by atoms with Gasteiger partial charge in [0.1, 0.15) is 5.75 Å². The van der Waals surface area contributed by atoms with Crippen LogP contribution in [0.3, 0.4) is 0 Å². The van der Waals surface area contributed by atoms with Gasteiger partial charge in [0, 0.05) is 24.1 Å². The summed E-state index contributed by atoms with van der Waals surface area (Å²) < 4.78 is 96.5. The largest absolute Gasteiger partial charge is 0.489 e. The molecule has 2 aromatic rings. The molecule has 1 saturated carbocycles. The number of hydrogen-bond donors (Lipinski definition) is 1. The van der Waals surface area contributed by atoms with Gasteiger partial charge in [0.15, 0.2) is 0 Å². The van der Waals surface area contributed by atoms with Gasteiger partial charge in [0.2, 0.25) is 5.91 Å². The molecule has 41 heavy (non-hydrogen) atoms. The van der Waals surface area contributed by atoms with Crippen molar-refractivity contribution >= 4 is 29.7 Å². The standard InChI is InChI=1S/C28H27F6NO5S/c29-27(30,31)24-17(8-12-23(36)35-13-15-39-16-14-35)7-11-22(25(24)28(32,33)34)41-21-4-2-1-3-20(21)40-19-9-5-18(6-10-19)26(37)38/h1-4,7-8,11-12,18-19H,5-6,9-10,13-16H2,(H,37,38)/b12-8+/t18-,19+. The quantitative estimate of drug-likeness (QED) is 0.278. The van der Waals surface area contributed by atoms with Crippen molar-refractivity contribution < 1.29 is 50.5 Å². The van der Waals surface area contributed by atoms with E-state index >= 15 is 0 Å². The molecule has 0 radical (unpaired) electrons. The number of alkyl halides is 6. The number of carboxylic acids is 1. The molecule has 1 aliphatic carbocycles. The van der Waals surface area contributed by atoms with Crippen molar-refractivity contribution in [3.8, 4) is 5.75 Å². The first-order valence-electron chi connectivity index (χ1n) is 12.9. The predicted molar refractivity (Wildman–Crippen MR) is 137 cm³/mol. The zero-order chi connectivity index (χ0) is 29.8. The van der Waals surface area contributed by atoms with Crippen LogP contribution in [0.1, 0.15) is 42.4 Å². The number of amides is 1. The van der Waals surface area contributed by atoms with Crippen LogP contribution >= 0.6 is 11.8 Å². The molecule has 0 spiro atoms. The Balaban J connectivity index is 1.65. The number of halogens is 6. The first kappa shape index (κ1) is 30.8. The van der Waals surface area contributed by atoms with Crippen molar-refractivity contribution in [2.45, 2.75) is 53.9 Å². The molecule has 2 fully saturated rings. The van der Waals surface area contributed by atoms with Gasteiger partial charge < -0.3 is 19.5 Å². The molecule has 13 heteroatoms. The average Bonchev–Trinajstić information content (AvgIpc) is 2.92. The number of morpholine rings is 1. The molecule has 6 nitrogen and oxygen atoms in total. The van der Waals surface area contributed by atoms with Gasteiger partial charge in [-0.15, -0.1) is 0 Å². The Labute approximate surface area is 236 Å². The maximum absolute atomic E-state index is 14.3. The van der Waals surface area contributed by atoms with Crippen LogP contribution in [0.4, 0.5) is 26.3 Å². The van der Waals surface area contributed by atoms with Crippen LogP contribution in [0, 0.1) is 5.92 Å². The molecule has 2 aromatic carbocycles. The van der Waals surface area contributed by atoms with E-state index < -0.39 is 51.7 Å². The first-order valence-corrected chi connectivity index (χ1v) is 13.7. The van der Waals surface area contributed by atoms with E-state index in [9.17, 15) is 41.0 Å². The van der Waals surface area contributed by atoms with Crippen molar-refractivity contribution in [1.29, 1.82) is 0 Å². The van der Waals surface area contributed by atoms with E-state index in [-0.39, 0.29) is 43.1 Å². The van der Waals surface area contributed by atoms with Gasteiger partial charge in [0.25, 0.3) is 0 Å². The Hall–Kier alpha value is -3.19. The number of carbonyl (C=O) groups excluding carboxylic acids is 1. The number of carbonyl (C=O) groups is 2. The summed E-state index contributed by atoms with van der Waals surface area (Å²) in [5, 5.41) is 9.19. The SMILES string of the molecule is O=C(/C=C/c1ccc(Sc2ccccc2O[C@H]2CC[C@@H](C(=O)O)CC2)c(C(F)(F)F)c1C(F)(F)F)N1CCOCC1. The molecule has 0 atom stereocenters. The molecule has 0 aromatic heterocycles. The lowest BCUT2D eigenvalue weighted by Gasteiger charge is -2.27. The zero-order valence-electron chi connectivity index (χ0n) is 21.6. The fourth-order valence-electron chi connectivity index (χ4n) is 4.82. The molecule has 0 bridgehead atoms. The number of rotatable bonds is 7. The molecule has 1 N–H and O–H groups in total. The third kappa shape index (κ3) is 7.76. The van der Waals surface area contributed by atoms with Crippen LogP contribution in [-0.4, -0.2) is 54.3 Å². The molecule has 2 aliphatic rings. The van der Waals surface area contributed by atoms with E-state index in [0.717, 1.165) is 24.3 Å². The van der Waals surface area contributed by atoms with E-state index in [2.05, 4.69) is 0 Å². The van der Waals surface area contributed by atoms with E-state index in [1.165, 1.54) is 23.1 Å². The van der Waals surface area contributed by atoms with Gasteiger partial charge in [-0.1, -0.05) is 30.0 Å². The highest BCUT2D eigenvalue weighted by molar-refractivity contribution is 7.99. The third-order valence-corrected chi connectivity index (χ3v) is 8.00. The summed E-state index contributed by atoms with van der Waals surface area (Å²) in [7, 11) is 0. The Morgan fingerprint density at radius 2 is 1.54 bits per heavy atom. The summed E-state index contributed by atoms with van der Waals surface area (Å²) in [4.78, 5) is 24.5. The van der Waals surface area contributed by atoms with Crippen LogP contribution < -0.4 is 4.74 Å². The van der Waals surface area contributed by atoms with Crippen molar-refractivity contribution in [3.63, 3.8) is 0 Å². The summed E-state index contributed by atoms with van der Waals surface area (Å²) in [5.41, 5.74) is -4.52. The van der Waals surface area contributed by atoms with E-state index in [0.29, 0.717) is 37.4 Å². The number of nitrogens with zero attached hydrogens (tertiary/aromatic N) is 1. The minimum absolute atomic E-state index is 0.178. The number of carboxylic acid groups (broad SMARTS) is 1. The molecule has 1 aliphatic heterocycles. The minimum atomic E-state index is -5.37. The normalized spacial score (nSPS) is 20.3. The highest BCUT2D eigenvalue weighted by atomic mass is 32.2. The molecule has 1 amide bonds. The lowest BCUT2D eigenvalue weighted by Crippen LogP contribution is -2.39. The summed E-state index contributed by atoms with van der Waals surface area (Å²) in [6.45, 7) is 0.959. The van der Waals surface area contributed by atoms with Gasteiger partial charge in [-0.25, -0.2) is 0 Å². The third-order valence-electron chi connectivity index (χ3n) is 6.88. The van der Waals surface area contributed by atoms with Crippen LogP contribution in [-0.2, 0) is 26.7 Å². The molecule has 0 unspecified atom stereocenters. The smallest absolute Gasteiger partial charge is 0.418 e. The Morgan fingerprint density at radius 3 is 2.15 bits per heavy atom. The second-order valence-corrected chi connectivity index (χ2v) is 10.7. The van der Waals surface area contributed by atoms with Gasteiger partial charge >= 0.3 is 18.3 Å². The summed E-state index contributed by atoms with van der Waals surface area (Å²) in [5.74, 6) is -1.83. The highest BCUT2D eigenvalue weighted by Gasteiger charge is 2.46. The lowest BCUT2D eigenvalue weighted by molar-refractivity contribution is -0.163. The number of hydrogen-bond acceptors (Lipinski definition) is 5. The lowest BCUT2D eigenvalue weighted by atomic mass is 9.87. The fourth-order valence-corrected chi connectivity index (χ4v) is 5.87. The van der Waals surface area contributed by atoms with E-state index in [1.807, 2.05) is 0 Å². The molecular formula is C28H27F6NO5S. The number of benzene rings is 2. The van der Waals surface area contributed by atoms with Crippen molar-refractivity contribution in [1.82, 2.24) is 4.90 Å². The number of para-hydroxylation sites is 1. The fraction of sp³-hybridized carbons (Fsp3) is 0.429. The Morgan fingerprint density at radius 1 is 0.902 bits per heavy atom. The van der Waals surface area contributed by atoms with Gasteiger partial charge in [0.05, 0.1) is 41.3 Å². The Bertz CT molecular complexity index is 1280. The van der Waals surface area contributed by atoms with Crippen LogP contribution in [0.5, 0.6) is 5.75 Å².